The number of pyridine rings is 1. The van der Waals surface area contributed by atoms with Gasteiger partial charge in [0.25, 0.3) is 5.91 Å². The van der Waals surface area contributed by atoms with Crippen molar-refractivity contribution >= 4 is 16.8 Å². The van der Waals surface area contributed by atoms with Crippen molar-refractivity contribution in [2.45, 2.75) is 6.42 Å². The molecule has 0 bridgehead atoms. The Morgan fingerprint density at radius 3 is 2.80 bits per heavy atom. The molecule has 180 valence electrons. The van der Waals surface area contributed by atoms with Crippen LogP contribution in [0.3, 0.4) is 0 Å². The van der Waals surface area contributed by atoms with Crippen molar-refractivity contribution in [2.75, 3.05) is 46.5 Å². The average Bonchev–Trinajstić information content (AvgIpc) is 3.33. The van der Waals surface area contributed by atoms with Crippen LogP contribution in [0.4, 0.5) is 0 Å². The van der Waals surface area contributed by atoms with Crippen molar-refractivity contribution in [2.24, 2.45) is 0 Å². The van der Waals surface area contributed by atoms with E-state index >= 15 is 0 Å². The summed E-state index contributed by atoms with van der Waals surface area (Å²) in [7, 11) is 1.63. The Labute approximate surface area is 203 Å². The smallest absolute Gasteiger partial charge is 0.267 e. The second kappa shape index (κ2) is 10.6. The number of benzene rings is 1. The van der Waals surface area contributed by atoms with E-state index in [-0.39, 0.29) is 5.91 Å². The summed E-state index contributed by atoms with van der Waals surface area (Å²) in [5.74, 6) is 1.33. The topological polar surface area (TPSA) is 105 Å². The predicted octanol–water partition coefficient (Wildman–Crippen LogP) is 2.68. The summed E-state index contributed by atoms with van der Waals surface area (Å²) in [4.78, 5) is 31.7. The monoisotopic (exact) mass is 472 g/mol. The fourth-order valence-corrected chi connectivity index (χ4v) is 4.15. The SMILES string of the molecule is COc1ccnc(-c2ccnc(Cc3ccc4[nH]c(C(=O)NCCN5CCOCC5)cc4c3)n2)c1. The lowest BCUT2D eigenvalue weighted by molar-refractivity contribution is 0.0383. The fraction of sp³-hybridized carbons (Fsp3) is 0.308. The summed E-state index contributed by atoms with van der Waals surface area (Å²) in [6.07, 6.45) is 4.01. The molecule has 35 heavy (non-hydrogen) atoms. The molecule has 1 aliphatic rings. The maximum atomic E-state index is 12.6. The lowest BCUT2D eigenvalue weighted by Gasteiger charge is -2.26. The highest BCUT2D eigenvalue weighted by molar-refractivity contribution is 5.98. The van der Waals surface area contributed by atoms with Crippen LogP contribution < -0.4 is 10.1 Å². The molecule has 4 aromatic rings. The molecule has 2 N–H and O–H groups in total. The number of carbonyl (C=O) groups is 1. The number of ether oxygens (including phenoxy) is 2. The fourth-order valence-electron chi connectivity index (χ4n) is 4.15. The highest BCUT2D eigenvalue weighted by atomic mass is 16.5. The molecule has 0 atom stereocenters. The molecule has 1 aliphatic heterocycles. The van der Waals surface area contributed by atoms with Crippen molar-refractivity contribution in [1.29, 1.82) is 0 Å². The minimum Gasteiger partial charge on any atom is -0.497 e. The van der Waals surface area contributed by atoms with Crippen LogP contribution in [0.5, 0.6) is 5.75 Å². The molecule has 1 aromatic carbocycles. The number of rotatable bonds is 8. The standard InChI is InChI=1S/C26H28N6O3/c1-34-20-4-6-27-23(17-20)22-5-7-28-25(31-22)15-18-2-3-21-19(14-18)16-24(30-21)26(33)29-8-9-32-10-12-35-13-11-32/h2-7,14,16-17,30H,8-13,15H2,1H3,(H,29,33). The largest absolute Gasteiger partial charge is 0.497 e. The molecular weight excluding hydrogens is 444 g/mol. The molecule has 0 saturated carbocycles. The summed E-state index contributed by atoms with van der Waals surface area (Å²) < 4.78 is 10.7. The van der Waals surface area contributed by atoms with Crippen LogP contribution in [0.25, 0.3) is 22.3 Å². The van der Waals surface area contributed by atoms with Gasteiger partial charge in [0.2, 0.25) is 0 Å². The lowest BCUT2D eigenvalue weighted by Crippen LogP contribution is -2.41. The molecule has 1 fully saturated rings. The van der Waals surface area contributed by atoms with E-state index in [9.17, 15) is 4.79 Å². The zero-order valence-electron chi connectivity index (χ0n) is 19.7. The maximum absolute atomic E-state index is 12.6. The van der Waals surface area contributed by atoms with Crippen LogP contribution in [0.2, 0.25) is 0 Å². The third-order valence-corrected chi connectivity index (χ3v) is 6.04. The Morgan fingerprint density at radius 1 is 1.09 bits per heavy atom. The summed E-state index contributed by atoms with van der Waals surface area (Å²) in [6.45, 7) is 4.76. The highest BCUT2D eigenvalue weighted by Gasteiger charge is 2.13. The number of hydrogen-bond acceptors (Lipinski definition) is 7. The van der Waals surface area contributed by atoms with Gasteiger partial charge in [-0.1, -0.05) is 6.07 Å². The second-order valence-corrected chi connectivity index (χ2v) is 8.43. The summed E-state index contributed by atoms with van der Waals surface area (Å²) >= 11 is 0. The number of amides is 1. The third-order valence-electron chi connectivity index (χ3n) is 6.04. The molecule has 3 aromatic heterocycles. The van der Waals surface area contributed by atoms with E-state index in [1.165, 1.54) is 0 Å². The number of aromatic amines is 1. The minimum atomic E-state index is -0.0992. The number of methoxy groups -OCH3 is 1. The van der Waals surface area contributed by atoms with Crippen LogP contribution in [-0.2, 0) is 11.2 Å². The predicted molar refractivity (Wildman–Crippen MR) is 133 cm³/mol. The third kappa shape index (κ3) is 5.64. The maximum Gasteiger partial charge on any atom is 0.267 e. The van der Waals surface area contributed by atoms with Crippen molar-refractivity contribution < 1.29 is 14.3 Å². The molecule has 1 saturated heterocycles. The highest BCUT2D eigenvalue weighted by Crippen LogP contribution is 2.21. The zero-order chi connectivity index (χ0) is 24.0. The molecule has 5 rings (SSSR count). The van der Waals surface area contributed by atoms with Gasteiger partial charge in [-0.3, -0.25) is 14.7 Å². The van der Waals surface area contributed by atoms with Crippen molar-refractivity contribution in [3.05, 3.63) is 71.9 Å². The number of H-pyrrole nitrogens is 1. The average molecular weight is 473 g/mol. The number of fused-ring (bicyclic) bond motifs is 1. The first kappa shape index (κ1) is 22.9. The van der Waals surface area contributed by atoms with Crippen LogP contribution in [0, 0.1) is 0 Å². The van der Waals surface area contributed by atoms with Crippen LogP contribution in [0.1, 0.15) is 21.9 Å². The van der Waals surface area contributed by atoms with E-state index in [0.717, 1.165) is 66.5 Å². The van der Waals surface area contributed by atoms with Crippen molar-refractivity contribution in [1.82, 2.24) is 30.2 Å². The summed E-state index contributed by atoms with van der Waals surface area (Å²) in [5.41, 5.74) is 4.02. The number of morpholine rings is 1. The van der Waals surface area contributed by atoms with Gasteiger partial charge in [-0.15, -0.1) is 0 Å². The van der Waals surface area contributed by atoms with Gasteiger partial charge >= 0.3 is 0 Å². The molecule has 0 unspecified atom stereocenters. The van der Waals surface area contributed by atoms with Crippen LogP contribution in [-0.4, -0.2) is 77.2 Å². The number of nitrogens with one attached hydrogen (secondary N) is 2. The Kier molecular flexibility index (Phi) is 6.97. The molecule has 0 radical (unpaired) electrons. The molecule has 0 spiro atoms. The van der Waals surface area contributed by atoms with Gasteiger partial charge in [0, 0.05) is 62.0 Å². The first-order valence-electron chi connectivity index (χ1n) is 11.7. The van der Waals surface area contributed by atoms with Gasteiger partial charge < -0.3 is 19.8 Å². The van der Waals surface area contributed by atoms with E-state index in [4.69, 9.17) is 9.47 Å². The zero-order valence-corrected chi connectivity index (χ0v) is 19.7. The van der Waals surface area contributed by atoms with Crippen molar-refractivity contribution in [3.8, 4) is 17.1 Å². The van der Waals surface area contributed by atoms with Crippen LogP contribution >= 0.6 is 0 Å². The van der Waals surface area contributed by atoms with E-state index in [1.807, 2.05) is 30.3 Å². The van der Waals surface area contributed by atoms with E-state index in [2.05, 4.69) is 36.2 Å². The van der Waals surface area contributed by atoms with Gasteiger partial charge in [-0.05, 0) is 35.9 Å². The summed E-state index contributed by atoms with van der Waals surface area (Å²) in [5, 5.41) is 3.98. The first-order valence-corrected chi connectivity index (χ1v) is 11.7. The van der Waals surface area contributed by atoms with Gasteiger partial charge in [0.05, 0.1) is 31.7 Å². The van der Waals surface area contributed by atoms with E-state index in [1.54, 1.807) is 25.6 Å². The molecule has 9 nitrogen and oxygen atoms in total. The quantitative estimate of drug-likeness (QED) is 0.406. The Morgan fingerprint density at radius 2 is 1.94 bits per heavy atom. The lowest BCUT2D eigenvalue weighted by atomic mass is 10.1. The van der Waals surface area contributed by atoms with E-state index < -0.39 is 0 Å². The molecular formula is C26H28N6O3. The Balaban J connectivity index is 1.25. The van der Waals surface area contributed by atoms with Gasteiger partial charge in [-0.2, -0.15) is 0 Å². The second-order valence-electron chi connectivity index (χ2n) is 8.43. The summed E-state index contributed by atoms with van der Waals surface area (Å²) in [6, 6.07) is 13.5. The number of hydrogen-bond donors (Lipinski definition) is 2. The Bertz CT molecular complexity index is 1320. The molecule has 0 aliphatic carbocycles. The number of nitrogens with zero attached hydrogens (tertiary/aromatic N) is 4. The Hall–Kier alpha value is -3.82. The first-order chi connectivity index (χ1) is 17.2. The number of carbonyl (C=O) groups excluding carboxylic acids is 1. The number of aromatic nitrogens is 4. The van der Waals surface area contributed by atoms with Crippen molar-refractivity contribution in [3.63, 3.8) is 0 Å². The van der Waals surface area contributed by atoms with Crippen LogP contribution in [0.15, 0.2) is 54.9 Å². The minimum absolute atomic E-state index is 0.0992. The van der Waals surface area contributed by atoms with E-state index in [0.29, 0.717) is 24.5 Å². The molecule has 4 heterocycles. The molecule has 1 amide bonds. The molecule has 9 heteroatoms. The van der Waals surface area contributed by atoms with Gasteiger partial charge in [0.15, 0.2) is 0 Å². The van der Waals surface area contributed by atoms with Gasteiger partial charge in [-0.25, -0.2) is 9.97 Å². The van der Waals surface area contributed by atoms with Gasteiger partial charge in [0.1, 0.15) is 17.3 Å². The normalized spacial score (nSPS) is 14.2.